The Bertz CT molecular complexity index is 649. The molecule has 1 aromatic heterocycles. The van der Waals surface area contributed by atoms with E-state index >= 15 is 0 Å². The Balaban J connectivity index is 2.43. The second-order valence-corrected chi connectivity index (χ2v) is 5.36. The lowest BCUT2D eigenvalue weighted by Crippen LogP contribution is -2.06. The lowest BCUT2D eigenvalue weighted by Gasteiger charge is -2.11. The van der Waals surface area contributed by atoms with Crippen LogP contribution in [0, 0.1) is 12.7 Å². The molecule has 0 amide bonds. The first kappa shape index (κ1) is 15.7. The van der Waals surface area contributed by atoms with Crippen molar-refractivity contribution in [2.45, 2.75) is 20.3 Å². The second-order valence-electron chi connectivity index (χ2n) is 4.57. The van der Waals surface area contributed by atoms with E-state index in [9.17, 15) is 4.39 Å². The van der Waals surface area contributed by atoms with Gasteiger partial charge in [0.15, 0.2) is 17.4 Å². The molecular formula is C15H17BrFN3O. The molecule has 1 aromatic carbocycles. The fourth-order valence-corrected chi connectivity index (χ4v) is 2.17. The molecular weight excluding hydrogens is 337 g/mol. The molecule has 0 unspecified atom stereocenters. The van der Waals surface area contributed by atoms with Crippen LogP contribution >= 0.6 is 15.9 Å². The second kappa shape index (κ2) is 6.85. The molecule has 1 heterocycles. The summed E-state index contributed by atoms with van der Waals surface area (Å²) in [5.74, 6) is 0.977. The highest BCUT2D eigenvalue weighted by molar-refractivity contribution is 9.10. The van der Waals surface area contributed by atoms with Gasteiger partial charge in [-0.05, 0) is 47.5 Å². The SMILES string of the molecule is CCCNc1nc(-c2ccc(OC)c(F)c2)nc(C)c1Br. The maximum absolute atomic E-state index is 13.8. The molecule has 2 aromatic rings. The Kier molecular flexibility index (Phi) is 5.12. The van der Waals surface area contributed by atoms with Crippen molar-refractivity contribution in [3.8, 4) is 17.1 Å². The predicted molar refractivity (Wildman–Crippen MR) is 85.2 cm³/mol. The van der Waals surface area contributed by atoms with Crippen LogP contribution in [0.1, 0.15) is 19.0 Å². The van der Waals surface area contributed by atoms with E-state index in [1.807, 2.05) is 6.92 Å². The zero-order chi connectivity index (χ0) is 15.4. The minimum absolute atomic E-state index is 0.205. The smallest absolute Gasteiger partial charge is 0.165 e. The number of hydrogen-bond acceptors (Lipinski definition) is 4. The number of anilines is 1. The summed E-state index contributed by atoms with van der Waals surface area (Å²) in [5, 5.41) is 3.23. The van der Waals surface area contributed by atoms with Gasteiger partial charge < -0.3 is 10.1 Å². The topological polar surface area (TPSA) is 47.0 Å². The normalized spacial score (nSPS) is 10.5. The molecule has 0 radical (unpaired) electrons. The number of aromatic nitrogens is 2. The standard InChI is InChI=1S/C15H17BrFN3O/c1-4-7-18-15-13(16)9(2)19-14(20-15)10-5-6-12(21-3)11(17)8-10/h5-6,8H,4,7H2,1-3H3,(H,18,19,20). The van der Waals surface area contributed by atoms with Crippen LogP contribution in [0.3, 0.4) is 0 Å². The number of ether oxygens (including phenoxy) is 1. The fourth-order valence-electron chi connectivity index (χ4n) is 1.85. The molecule has 0 aliphatic heterocycles. The van der Waals surface area contributed by atoms with Gasteiger partial charge in [-0.3, -0.25) is 0 Å². The van der Waals surface area contributed by atoms with Gasteiger partial charge in [0.05, 0.1) is 17.3 Å². The van der Waals surface area contributed by atoms with Crippen LogP contribution in [0.15, 0.2) is 22.7 Å². The van der Waals surface area contributed by atoms with Gasteiger partial charge in [-0.15, -0.1) is 0 Å². The molecule has 0 bridgehead atoms. The summed E-state index contributed by atoms with van der Waals surface area (Å²) in [5.41, 5.74) is 1.42. The van der Waals surface area contributed by atoms with Crippen molar-refractivity contribution in [3.05, 3.63) is 34.2 Å². The first-order valence-corrected chi connectivity index (χ1v) is 7.48. The minimum Gasteiger partial charge on any atom is -0.494 e. The molecule has 0 aliphatic carbocycles. The van der Waals surface area contributed by atoms with Gasteiger partial charge in [-0.2, -0.15) is 0 Å². The molecule has 0 saturated carbocycles. The summed E-state index contributed by atoms with van der Waals surface area (Å²) in [6, 6.07) is 4.70. The van der Waals surface area contributed by atoms with Crippen LogP contribution in [0.25, 0.3) is 11.4 Å². The van der Waals surface area contributed by atoms with Crippen molar-refractivity contribution in [1.82, 2.24) is 9.97 Å². The predicted octanol–water partition coefficient (Wildman–Crippen LogP) is 4.18. The van der Waals surface area contributed by atoms with E-state index in [4.69, 9.17) is 4.74 Å². The number of rotatable bonds is 5. The monoisotopic (exact) mass is 353 g/mol. The quantitative estimate of drug-likeness (QED) is 0.875. The van der Waals surface area contributed by atoms with Gasteiger partial charge in [-0.1, -0.05) is 6.92 Å². The molecule has 1 N–H and O–H groups in total. The average molecular weight is 354 g/mol. The zero-order valence-corrected chi connectivity index (χ0v) is 13.8. The molecule has 6 heteroatoms. The maximum Gasteiger partial charge on any atom is 0.165 e. The summed E-state index contributed by atoms with van der Waals surface area (Å²) in [7, 11) is 1.44. The van der Waals surface area contributed by atoms with Gasteiger partial charge in [0.2, 0.25) is 0 Å². The van der Waals surface area contributed by atoms with Crippen molar-refractivity contribution in [2.75, 3.05) is 19.0 Å². The van der Waals surface area contributed by atoms with Gasteiger partial charge in [-0.25, -0.2) is 14.4 Å². The average Bonchev–Trinajstić information content (AvgIpc) is 2.48. The van der Waals surface area contributed by atoms with Crippen molar-refractivity contribution < 1.29 is 9.13 Å². The molecule has 112 valence electrons. The Morgan fingerprint density at radius 3 is 2.71 bits per heavy atom. The van der Waals surface area contributed by atoms with Crippen LogP contribution in [0.5, 0.6) is 5.75 Å². The van der Waals surface area contributed by atoms with Crippen LogP contribution in [-0.2, 0) is 0 Å². The molecule has 0 spiro atoms. The Labute approximate surface area is 131 Å². The van der Waals surface area contributed by atoms with Gasteiger partial charge in [0, 0.05) is 12.1 Å². The highest BCUT2D eigenvalue weighted by Gasteiger charge is 2.12. The van der Waals surface area contributed by atoms with Crippen LogP contribution in [0.4, 0.5) is 10.2 Å². The minimum atomic E-state index is -0.428. The van der Waals surface area contributed by atoms with E-state index in [1.165, 1.54) is 13.2 Å². The zero-order valence-electron chi connectivity index (χ0n) is 12.2. The van der Waals surface area contributed by atoms with E-state index in [1.54, 1.807) is 12.1 Å². The van der Waals surface area contributed by atoms with Gasteiger partial charge in [0.1, 0.15) is 5.82 Å². The number of aryl methyl sites for hydroxylation is 1. The lowest BCUT2D eigenvalue weighted by atomic mass is 10.2. The highest BCUT2D eigenvalue weighted by Crippen LogP contribution is 2.28. The van der Waals surface area contributed by atoms with Crippen molar-refractivity contribution in [3.63, 3.8) is 0 Å². The molecule has 0 aliphatic rings. The summed E-state index contributed by atoms with van der Waals surface area (Å²) >= 11 is 3.47. The summed E-state index contributed by atoms with van der Waals surface area (Å²) in [4.78, 5) is 8.86. The highest BCUT2D eigenvalue weighted by atomic mass is 79.9. The Hall–Kier alpha value is -1.69. The van der Waals surface area contributed by atoms with E-state index in [0.717, 1.165) is 29.0 Å². The van der Waals surface area contributed by atoms with Crippen LogP contribution in [0.2, 0.25) is 0 Å². The van der Waals surface area contributed by atoms with Crippen LogP contribution in [-0.4, -0.2) is 23.6 Å². The number of methoxy groups -OCH3 is 1. The van der Waals surface area contributed by atoms with E-state index < -0.39 is 5.82 Å². The third kappa shape index (κ3) is 3.50. The molecule has 2 rings (SSSR count). The number of hydrogen-bond donors (Lipinski definition) is 1. The third-order valence-electron chi connectivity index (χ3n) is 2.97. The number of nitrogens with one attached hydrogen (secondary N) is 1. The summed E-state index contributed by atoms with van der Waals surface area (Å²) in [6.45, 7) is 4.77. The van der Waals surface area contributed by atoms with Crippen LogP contribution < -0.4 is 10.1 Å². The Morgan fingerprint density at radius 2 is 2.10 bits per heavy atom. The number of nitrogens with zero attached hydrogens (tertiary/aromatic N) is 2. The molecule has 21 heavy (non-hydrogen) atoms. The third-order valence-corrected chi connectivity index (χ3v) is 3.92. The largest absolute Gasteiger partial charge is 0.494 e. The fraction of sp³-hybridized carbons (Fsp3) is 0.333. The van der Waals surface area contributed by atoms with E-state index in [-0.39, 0.29) is 5.75 Å². The molecule has 0 saturated heterocycles. The lowest BCUT2D eigenvalue weighted by molar-refractivity contribution is 0.386. The number of benzene rings is 1. The van der Waals surface area contributed by atoms with Crippen molar-refractivity contribution in [2.24, 2.45) is 0 Å². The molecule has 0 atom stereocenters. The summed E-state index contributed by atoms with van der Waals surface area (Å²) < 4.78 is 19.6. The van der Waals surface area contributed by atoms with E-state index in [0.29, 0.717) is 11.4 Å². The molecule has 4 nitrogen and oxygen atoms in total. The summed E-state index contributed by atoms with van der Waals surface area (Å²) in [6.07, 6.45) is 0.988. The Morgan fingerprint density at radius 1 is 1.33 bits per heavy atom. The maximum atomic E-state index is 13.8. The first-order chi connectivity index (χ1) is 10.1. The van der Waals surface area contributed by atoms with Crippen molar-refractivity contribution in [1.29, 1.82) is 0 Å². The molecule has 0 fully saturated rings. The van der Waals surface area contributed by atoms with Crippen molar-refractivity contribution >= 4 is 21.7 Å². The van der Waals surface area contributed by atoms with Gasteiger partial charge >= 0.3 is 0 Å². The van der Waals surface area contributed by atoms with Gasteiger partial charge in [0.25, 0.3) is 0 Å². The first-order valence-electron chi connectivity index (χ1n) is 6.68. The van der Waals surface area contributed by atoms with E-state index in [2.05, 4.69) is 38.1 Å². The number of halogens is 2.